The van der Waals surface area contributed by atoms with Gasteiger partial charge >= 0.3 is 0 Å². The fourth-order valence-electron chi connectivity index (χ4n) is 2.95. The molecular formula is C21H24N2O2. The zero-order valence-electron chi connectivity index (χ0n) is 15.0. The third-order valence-electron chi connectivity index (χ3n) is 4.08. The molecule has 0 saturated carbocycles. The molecule has 2 aromatic carbocycles. The van der Waals surface area contributed by atoms with Gasteiger partial charge in [-0.2, -0.15) is 0 Å². The second kappa shape index (κ2) is 7.88. The van der Waals surface area contributed by atoms with E-state index in [1.54, 1.807) is 7.11 Å². The summed E-state index contributed by atoms with van der Waals surface area (Å²) < 4.78 is 13.7. The summed E-state index contributed by atoms with van der Waals surface area (Å²) in [6.07, 6.45) is 5.09. The molecule has 0 fully saturated rings. The minimum atomic E-state index is 0.411. The van der Waals surface area contributed by atoms with E-state index in [1.807, 2.05) is 55.5 Å². The van der Waals surface area contributed by atoms with E-state index in [0.717, 1.165) is 46.9 Å². The summed E-state index contributed by atoms with van der Waals surface area (Å²) in [6, 6.07) is 14.1. The lowest BCUT2D eigenvalue weighted by Crippen LogP contribution is -2.07. The largest absolute Gasteiger partial charge is 0.493 e. The van der Waals surface area contributed by atoms with Crippen molar-refractivity contribution in [2.45, 2.75) is 33.4 Å². The Hall–Kier alpha value is -2.75. The first-order chi connectivity index (χ1) is 12.3. The number of nitrogens with zero attached hydrogens (tertiary/aromatic N) is 2. The Morgan fingerprint density at radius 1 is 1.12 bits per heavy atom. The van der Waals surface area contributed by atoms with Crippen LogP contribution in [0.25, 0.3) is 17.1 Å². The van der Waals surface area contributed by atoms with Crippen molar-refractivity contribution < 1.29 is 9.47 Å². The number of aromatic nitrogens is 2. The standard InChI is InChI=1S/C21H24N2O2/c1-4-8-16-11-12-19(20(14-16)24-3)25-15-21-22-17-9-6-7-10-18(17)23(21)13-5-2/h4,6-12,14H,5,13,15H2,1-3H3/b8-4-. The van der Waals surface area contributed by atoms with Crippen LogP contribution in [0.1, 0.15) is 31.7 Å². The molecule has 130 valence electrons. The lowest BCUT2D eigenvalue weighted by molar-refractivity contribution is 0.272. The Kier molecular flexibility index (Phi) is 5.39. The molecule has 0 spiro atoms. The molecule has 0 aliphatic heterocycles. The van der Waals surface area contributed by atoms with Gasteiger partial charge in [0.05, 0.1) is 18.1 Å². The Morgan fingerprint density at radius 2 is 1.96 bits per heavy atom. The maximum absolute atomic E-state index is 6.03. The van der Waals surface area contributed by atoms with Crippen LogP contribution in [-0.2, 0) is 13.2 Å². The molecule has 0 aliphatic rings. The van der Waals surface area contributed by atoms with Crippen molar-refractivity contribution >= 4 is 17.1 Å². The molecule has 3 aromatic rings. The molecule has 0 radical (unpaired) electrons. The van der Waals surface area contributed by atoms with Crippen molar-refractivity contribution in [2.75, 3.05) is 7.11 Å². The van der Waals surface area contributed by atoms with Gasteiger partial charge in [0, 0.05) is 6.54 Å². The van der Waals surface area contributed by atoms with Crippen molar-refractivity contribution in [3.63, 3.8) is 0 Å². The highest BCUT2D eigenvalue weighted by molar-refractivity contribution is 5.75. The van der Waals surface area contributed by atoms with Gasteiger partial charge in [0.15, 0.2) is 11.5 Å². The molecular weight excluding hydrogens is 312 g/mol. The highest BCUT2D eigenvalue weighted by atomic mass is 16.5. The minimum Gasteiger partial charge on any atom is -0.493 e. The van der Waals surface area contributed by atoms with Gasteiger partial charge in [-0.1, -0.05) is 37.3 Å². The molecule has 25 heavy (non-hydrogen) atoms. The number of fused-ring (bicyclic) bond motifs is 1. The van der Waals surface area contributed by atoms with Gasteiger partial charge in [-0.3, -0.25) is 0 Å². The number of hydrogen-bond donors (Lipinski definition) is 0. The van der Waals surface area contributed by atoms with E-state index in [9.17, 15) is 0 Å². The molecule has 0 unspecified atom stereocenters. The normalized spacial score (nSPS) is 11.3. The number of methoxy groups -OCH3 is 1. The number of benzene rings is 2. The van der Waals surface area contributed by atoms with Crippen LogP contribution in [-0.4, -0.2) is 16.7 Å². The summed E-state index contributed by atoms with van der Waals surface area (Å²) in [7, 11) is 1.66. The lowest BCUT2D eigenvalue weighted by atomic mass is 10.2. The fraction of sp³-hybridized carbons (Fsp3) is 0.286. The molecule has 4 nitrogen and oxygen atoms in total. The van der Waals surface area contributed by atoms with E-state index in [0.29, 0.717) is 6.61 Å². The van der Waals surface area contributed by atoms with Crippen LogP contribution in [0.3, 0.4) is 0 Å². The maximum Gasteiger partial charge on any atom is 0.161 e. The average Bonchev–Trinajstić information content (AvgIpc) is 2.99. The molecule has 0 saturated heterocycles. The summed E-state index contributed by atoms with van der Waals surface area (Å²) in [5, 5.41) is 0. The number of imidazole rings is 1. The minimum absolute atomic E-state index is 0.411. The summed E-state index contributed by atoms with van der Waals surface area (Å²) >= 11 is 0. The van der Waals surface area contributed by atoms with Gasteiger partial charge in [-0.25, -0.2) is 4.98 Å². The number of ether oxygens (including phenoxy) is 2. The summed E-state index contributed by atoms with van der Waals surface area (Å²) in [6.45, 7) is 5.50. The monoisotopic (exact) mass is 336 g/mol. The quantitative estimate of drug-likeness (QED) is 0.604. The predicted molar refractivity (Wildman–Crippen MR) is 102 cm³/mol. The molecule has 0 atom stereocenters. The number of hydrogen-bond acceptors (Lipinski definition) is 3. The van der Waals surface area contributed by atoms with Crippen molar-refractivity contribution in [2.24, 2.45) is 0 Å². The molecule has 1 heterocycles. The lowest BCUT2D eigenvalue weighted by Gasteiger charge is -2.12. The van der Waals surface area contributed by atoms with Gasteiger partial charge in [-0.15, -0.1) is 0 Å². The molecule has 0 aliphatic carbocycles. The van der Waals surface area contributed by atoms with Crippen LogP contribution in [0, 0.1) is 0 Å². The Balaban J connectivity index is 1.86. The van der Waals surface area contributed by atoms with Crippen LogP contribution in [0.2, 0.25) is 0 Å². The third kappa shape index (κ3) is 3.68. The first-order valence-electron chi connectivity index (χ1n) is 8.64. The number of aryl methyl sites for hydroxylation is 1. The highest BCUT2D eigenvalue weighted by Gasteiger charge is 2.12. The van der Waals surface area contributed by atoms with Crippen LogP contribution in [0.5, 0.6) is 11.5 Å². The van der Waals surface area contributed by atoms with Gasteiger partial charge in [-0.05, 0) is 43.2 Å². The summed E-state index contributed by atoms with van der Waals surface area (Å²) in [4.78, 5) is 4.73. The van der Waals surface area contributed by atoms with E-state index in [-0.39, 0.29) is 0 Å². The maximum atomic E-state index is 6.03. The smallest absolute Gasteiger partial charge is 0.161 e. The zero-order chi connectivity index (χ0) is 17.6. The van der Waals surface area contributed by atoms with Gasteiger partial charge in [0.2, 0.25) is 0 Å². The van der Waals surface area contributed by atoms with Gasteiger partial charge in [0.1, 0.15) is 12.4 Å². The number of rotatable bonds is 7. The number of para-hydroxylation sites is 2. The van der Waals surface area contributed by atoms with E-state index < -0.39 is 0 Å². The first-order valence-corrected chi connectivity index (χ1v) is 8.64. The predicted octanol–water partition coefficient (Wildman–Crippen LogP) is 5.07. The molecule has 0 amide bonds. The van der Waals surface area contributed by atoms with Crippen LogP contribution >= 0.6 is 0 Å². The van der Waals surface area contributed by atoms with Crippen LogP contribution < -0.4 is 9.47 Å². The van der Waals surface area contributed by atoms with Crippen LogP contribution in [0.15, 0.2) is 48.5 Å². The van der Waals surface area contributed by atoms with Crippen LogP contribution in [0.4, 0.5) is 0 Å². The van der Waals surface area contributed by atoms with E-state index in [4.69, 9.17) is 14.5 Å². The summed E-state index contributed by atoms with van der Waals surface area (Å²) in [5.74, 6) is 2.39. The first kappa shape index (κ1) is 17.1. The second-order valence-corrected chi connectivity index (χ2v) is 5.87. The third-order valence-corrected chi connectivity index (χ3v) is 4.08. The Labute approximate surface area is 148 Å². The fourth-order valence-corrected chi connectivity index (χ4v) is 2.95. The highest BCUT2D eigenvalue weighted by Crippen LogP contribution is 2.29. The van der Waals surface area contributed by atoms with Crippen molar-refractivity contribution in [1.29, 1.82) is 0 Å². The average molecular weight is 336 g/mol. The number of allylic oxidation sites excluding steroid dienone is 1. The van der Waals surface area contributed by atoms with E-state index in [1.165, 1.54) is 0 Å². The molecule has 4 heteroatoms. The Morgan fingerprint density at radius 3 is 2.72 bits per heavy atom. The second-order valence-electron chi connectivity index (χ2n) is 5.87. The van der Waals surface area contributed by atoms with Gasteiger partial charge < -0.3 is 14.0 Å². The zero-order valence-corrected chi connectivity index (χ0v) is 15.0. The SMILES string of the molecule is C/C=C\c1ccc(OCc2nc3ccccc3n2CCC)c(OC)c1. The molecule has 1 aromatic heterocycles. The molecule has 0 bridgehead atoms. The van der Waals surface area contributed by atoms with Crippen molar-refractivity contribution in [1.82, 2.24) is 9.55 Å². The van der Waals surface area contributed by atoms with Crippen molar-refractivity contribution in [3.8, 4) is 11.5 Å². The topological polar surface area (TPSA) is 36.3 Å². The summed E-state index contributed by atoms with van der Waals surface area (Å²) in [5.41, 5.74) is 3.24. The van der Waals surface area contributed by atoms with Gasteiger partial charge in [0.25, 0.3) is 0 Å². The molecule has 0 N–H and O–H groups in total. The molecule has 3 rings (SSSR count). The van der Waals surface area contributed by atoms with Crippen molar-refractivity contribution in [3.05, 3.63) is 59.9 Å². The van der Waals surface area contributed by atoms with E-state index in [2.05, 4.69) is 17.6 Å². The Bertz CT molecular complexity index is 881. The van der Waals surface area contributed by atoms with E-state index >= 15 is 0 Å².